The number of hydrogen-bond acceptors (Lipinski definition) is 4. The maximum atomic E-state index is 9.78. The molecule has 2 aliphatic heterocycles. The summed E-state index contributed by atoms with van der Waals surface area (Å²) < 4.78 is 0. The van der Waals surface area contributed by atoms with Crippen molar-refractivity contribution in [3.8, 4) is 0 Å². The summed E-state index contributed by atoms with van der Waals surface area (Å²) in [6.07, 6.45) is 5.19. The van der Waals surface area contributed by atoms with E-state index in [1.54, 1.807) is 0 Å². The van der Waals surface area contributed by atoms with E-state index in [-0.39, 0.29) is 6.10 Å². The number of hydrogen-bond donors (Lipinski definition) is 2. The van der Waals surface area contributed by atoms with Gasteiger partial charge < -0.3 is 20.2 Å². The molecule has 2 N–H and O–H groups in total. The van der Waals surface area contributed by atoms with Crippen molar-refractivity contribution in [2.45, 2.75) is 31.8 Å². The molecule has 18 heavy (non-hydrogen) atoms. The maximum absolute atomic E-state index is 9.78. The fraction of sp³-hybridized carbons (Fsp3) is 1.00. The van der Waals surface area contributed by atoms with Crippen LogP contribution in [0.1, 0.15) is 25.7 Å². The molecule has 2 rings (SSSR count). The van der Waals surface area contributed by atoms with Gasteiger partial charge in [-0.15, -0.1) is 0 Å². The van der Waals surface area contributed by atoms with Crippen molar-refractivity contribution < 1.29 is 5.11 Å². The Hall–Kier alpha value is -0.160. The van der Waals surface area contributed by atoms with Gasteiger partial charge in [0.1, 0.15) is 0 Å². The van der Waals surface area contributed by atoms with Gasteiger partial charge in [-0.25, -0.2) is 0 Å². The molecule has 106 valence electrons. The Labute approximate surface area is 111 Å². The van der Waals surface area contributed by atoms with E-state index in [2.05, 4.69) is 15.1 Å². The molecule has 2 fully saturated rings. The van der Waals surface area contributed by atoms with Crippen molar-refractivity contribution in [3.05, 3.63) is 0 Å². The van der Waals surface area contributed by atoms with Gasteiger partial charge in [0.25, 0.3) is 0 Å². The quantitative estimate of drug-likeness (QED) is 0.719. The number of aliphatic hydroxyl groups excluding tert-OH is 1. The van der Waals surface area contributed by atoms with Crippen LogP contribution in [0.25, 0.3) is 0 Å². The monoisotopic (exact) mass is 255 g/mol. The highest BCUT2D eigenvalue weighted by atomic mass is 16.3. The lowest BCUT2D eigenvalue weighted by molar-refractivity contribution is 0.0837. The third-order valence-corrected chi connectivity index (χ3v) is 4.33. The minimum absolute atomic E-state index is 0.217. The van der Waals surface area contributed by atoms with Crippen LogP contribution >= 0.6 is 0 Å². The third kappa shape index (κ3) is 4.50. The molecule has 4 nitrogen and oxygen atoms in total. The first-order valence-corrected chi connectivity index (χ1v) is 7.55. The molecule has 0 aromatic carbocycles. The number of aliphatic hydroxyl groups is 1. The highest BCUT2D eigenvalue weighted by Gasteiger charge is 2.23. The fourth-order valence-electron chi connectivity index (χ4n) is 3.28. The topological polar surface area (TPSA) is 38.7 Å². The smallest absolute Gasteiger partial charge is 0.0791 e. The molecule has 2 aliphatic rings. The van der Waals surface area contributed by atoms with Crippen LogP contribution in [0.15, 0.2) is 0 Å². The second-order valence-electron chi connectivity index (χ2n) is 5.96. The van der Waals surface area contributed by atoms with Crippen molar-refractivity contribution >= 4 is 0 Å². The van der Waals surface area contributed by atoms with Gasteiger partial charge in [-0.2, -0.15) is 0 Å². The zero-order valence-corrected chi connectivity index (χ0v) is 11.8. The van der Waals surface area contributed by atoms with Gasteiger partial charge in [0.05, 0.1) is 6.10 Å². The summed E-state index contributed by atoms with van der Waals surface area (Å²) in [5.74, 6) is 0.890. The minimum atomic E-state index is -0.217. The van der Waals surface area contributed by atoms with Crippen molar-refractivity contribution in [1.82, 2.24) is 15.1 Å². The molecule has 2 heterocycles. The first kappa shape index (κ1) is 14.3. The van der Waals surface area contributed by atoms with Gasteiger partial charge >= 0.3 is 0 Å². The third-order valence-electron chi connectivity index (χ3n) is 4.33. The predicted molar refractivity (Wildman–Crippen MR) is 74.8 cm³/mol. The lowest BCUT2D eigenvalue weighted by Crippen LogP contribution is -2.43. The molecule has 0 aromatic heterocycles. The van der Waals surface area contributed by atoms with E-state index in [1.807, 2.05) is 7.05 Å². The van der Waals surface area contributed by atoms with Gasteiger partial charge in [-0.05, 0) is 64.8 Å². The number of rotatable bonds is 6. The first-order chi connectivity index (χ1) is 8.78. The summed E-state index contributed by atoms with van der Waals surface area (Å²) in [5, 5.41) is 12.8. The Morgan fingerprint density at radius 2 is 1.78 bits per heavy atom. The summed E-state index contributed by atoms with van der Waals surface area (Å²) in [5.41, 5.74) is 0. The standard InChI is InChI=1S/C14H29N3O/c1-15-10-14(18)12-17-8-4-13(5-9-17)11-16-6-2-3-7-16/h13-15,18H,2-12H2,1H3. The van der Waals surface area contributed by atoms with Gasteiger partial charge in [0.15, 0.2) is 0 Å². The summed E-state index contributed by atoms with van der Waals surface area (Å²) in [6, 6.07) is 0. The Morgan fingerprint density at radius 1 is 1.11 bits per heavy atom. The molecular weight excluding hydrogens is 226 g/mol. The van der Waals surface area contributed by atoms with Crippen LogP contribution in [0.4, 0.5) is 0 Å². The van der Waals surface area contributed by atoms with Crippen LogP contribution in [-0.4, -0.2) is 73.9 Å². The Bertz CT molecular complexity index is 223. The van der Waals surface area contributed by atoms with Gasteiger partial charge in [0, 0.05) is 19.6 Å². The molecule has 1 atom stereocenters. The summed E-state index contributed by atoms with van der Waals surface area (Å²) in [4.78, 5) is 5.05. The second-order valence-corrected chi connectivity index (χ2v) is 5.96. The fourth-order valence-corrected chi connectivity index (χ4v) is 3.28. The average molecular weight is 255 g/mol. The molecule has 0 spiro atoms. The van der Waals surface area contributed by atoms with E-state index in [0.717, 1.165) is 12.5 Å². The number of β-amino-alcohol motifs (C(OH)–C–C–N with tert-alkyl or cyclic N) is 1. The SMILES string of the molecule is CNCC(O)CN1CCC(CN2CCCC2)CC1. The van der Waals surface area contributed by atoms with Crippen LogP contribution in [0.5, 0.6) is 0 Å². The molecule has 0 amide bonds. The van der Waals surface area contributed by atoms with Crippen LogP contribution in [0.3, 0.4) is 0 Å². The normalized spacial score (nSPS) is 25.7. The highest BCUT2D eigenvalue weighted by molar-refractivity contribution is 4.78. The van der Waals surface area contributed by atoms with E-state index in [1.165, 1.54) is 58.4 Å². The minimum Gasteiger partial charge on any atom is -0.390 e. The predicted octanol–water partition coefficient (Wildman–Crippen LogP) is 0.375. The number of likely N-dealkylation sites (tertiary alicyclic amines) is 2. The second kappa shape index (κ2) is 7.43. The lowest BCUT2D eigenvalue weighted by atomic mass is 9.96. The Kier molecular flexibility index (Phi) is 5.89. The number of nitrogens with one attached hydrogen (secondary N) is 1. The van der Waals surface area contributed by atoms with Crippen LogP contribution in [-0.2, 0) is 0 Å². The lowest BCUT2D eigenvalue weighted by Gasteiger charge is -2.34. The summed E-state index contributed by atoms with van der Waals surface area (Å²) in [7, 11) is 1.89. The molecule has 0 saturated carbocycles. The van der Waals surface area contributed by atoms with E-state index in [4.69, 9.17) is 0 Å². The van der Waals surface area contributed by atoms with E-state index in [9.17, 15) is 5.11 Å². The molecule has 4 heteroatoms. The average Bonchev–Trinajstić information content (AvgIpc) is 2.85. The zero-order valence-electron chi connectivity index (χ0n) is 11.8. The van der Waals surface area contributed by atoms with Gasteiger partial charge in [0.2, 0.25) is 0 Å². The Morgan fingerprint density at radius 3 is 2.39 bits per heavy atom. The van der Waals surface area contributed by atoms with Crippen molar-refractivity contribution in [2.75, 3.05) is 52.9 Å². The van der Waals surface area contributed by atoms with Gasteiger partial charge in [-0.1, -0.05) is 0 Å². The van der Waals surface area contributed by atoms with E-state index in [0.29, 0.717) is 6.54 Å². The van der Waals surface area contributed by atoms with E-state index < -0.39 is 0 Å². The zero-order chi connectivity index (χ0) is 12.8. The van der Waals surface area contributed by atoms with Crippen LogP contribution < -0.4 is 5.32 Å². The van der Waals surface area contributed by atoms with E-state index >= 15 is 0 Å². The molecule has 0 aliphatic carbocycles. The Balaban J connectivity index is 1.61. The molecule has 0 aromatic rings. The number of nitrogens with zero attached hydrogens (tertiary/aromatic N) is 2. The molecule has 1 unspecified atom stereocenters. The summed E-state index contributed by atoms with van der Waals surface area (Å²) >= 11 is 0. The summed E-state index contributed by atoms with van der Waals surface area (Å²) in [6.45, 7) is 7.82. The largest absolute Gasteiger partial charge is 0.390 e. The molecule has 2 saturated heterocycles. The van der Waals surface area contributed by atoms with Crippen molar-refractivity contribution in [2.24, 2.45) is 5.92 Å². The maximum Gasteiger partial charge on any atom is 0.0791 e. The molecule has 0 bridgehead atoms. The molecule has 0 radical (unpaired) electrons. The number of likely N-dealkylation sites (N-methyl/N-ethyl adjacent to an activating group) is 1. The molecular formula is C14H29N3O. The van der Waals surface area contributed by atoms with Crippen molar-refractivity contribution in [1.29, 1.82) is 0 Å². The number of piperidine rings is 1. The van der Waals surface area contributed by atoms with Crippen molar-refractivity contribution in [3.63, 3.8) is 0 Å². The first-order valence-electron chi connectivity index (χ1n) is 7.55. The van der Waals surface area contributed by atoms with Crippen LogP contribution in [0, 0.1) is 5.92 Å². The highest BCUT2D eigenvalue weighted by Crippen LogP contribution is 2.20. The van der Waals surface area contributed by atoms with Crippen LogP contribution in [0.2, 0.25) is 0 Å². The van der Waals surface area contributed by atoms with Gasteiger partial charge in [-0.3, -0.25) is 0 Å².